The summed E-state index contributed by atoms with van der Waals surface area (Å²) in [6.07, 6.45) is 8.64. The van der Waals surface area contributed by atoms with Crippen molar-refractivity contribution < 1.29 is 9.53 Å². The Morgan fingerprint density at radius 3 is 2.75 bits per heavy atom. The van der Waals surface area contributed by atoms with Gasteiger partial charge in [0.1, 0.15) is 11.8 Å². The minimum Gasteiger partial charge on any atom is -0.378 e. The zero-order valence-electron chi connectivity index (χ0n) is 14.5. The monoisotopic (exact) mass is 327 g/mol. The Hall–Kier alpha value is -1.93. The standard InChI is InChI=1S/C19H25N3O2/c1-3-24-17-11-16(19(17)9-5-4-6-10-19)22(2)18(23)15-8-7-14(12-20)13-21-15/h7-8,13,16-17H,3-6,9-11H2,1-2H3/t16-,17-/m1/s1. The molecule has 0 aliphatic heterocycles. The third-order valence-electron chi connectivity index (χ3n) is 5.79. The van der Waals surface area contributed by atoms with Crippen molar-refractivity contribution in [2.24, 2.45) is 5.41 Å². The molecule has 0 saturated heterocycles. The lowest BCUT2D eigenvalue weighted by molar-refractivity contribution is -0.170. The average molecular weight is 327 g/mol. The molecule has 1 aromatic rings. The maximum atomic E-state index is 12.8. The molecule has 0 unspecified atom stereocenters. The number of pyridine rings is 1. The van der Waals surface area contributed by atoms with Crippen LogP contribution in [0.3, 0.4) is 0 Å². The summed E-state index contributed by atoms with van der Waals surface area (Å²) >= 11 is 0. The third-order valence-corrected chi connectivity index (χ3v) is 5.79. The number of hydrogen-bond acceptors (Lipinski definition) is 4. The lowest BCUT2D eigenvalue weighted by atomic mass is 9.54. The summed E-state index contributed by atoms with van der Waals surface area (Å²) in [5, 5.41) is 8.86. The van der Waals surface area contributed by atoms with Crippen molar-refractivity contribution in [3.63, 3.8) is 0 Å². The van der Waals surface area contributed by atoms with Gasteiger partial charge in [0.15, 0.2) is 0 Å². The van der Waals surface area contributed by atoms with E-state index in [1.54, 1.807) is 12.1 Å². The van der Waals surface area contributed by atoms with Crippen LogP contribution in [-0.2, 0) is 4.74 Å². The SMILES string of the molecule is CCO[C@@H]1C[C@@H](N(C)C(=O)c2ccc(C#N)cn2)C12CCCCC2. The van der Waals surface area contributed by atoms with Crippen LogP contribution in [0.4, 0.5) is 0 Å². The second-order valence-electron chi connectivity index (χ2n) is 6.95. The topological polar surface area (TPSA) is 66.2 Å². The molecule has 0 N–H and O–H groups in total. The summed E-state index contributed by atoms with van der Waals surface area (Å²) in [4.78, 5) is 18.8. The first-order valence-corrected chi connectivity index (χ1v) is 8.87. The molecule has 1 spiro atoms. The molecule has 3 rings (SSSR count). The van der Waals surface area contributed by atoms with Crippen molar-refractivity contribution in [3.8, 4) is 6.07 Å². The summed E-state index contributed by atoms with van der Waals surface area (Å²) in [5.41, 5.74) is 0.992. The van der Waals surface area contributed by atoms with Gasteiger partial charge in [-0.05, 0) is 38.3 Å². The van der Waals surface area contributed by atoms with E-state index >= 15 is 0 Å². The number of rotatable bonds is 4. The van der Waals surface area contributed by atoms with E-state index in [-0.39, 0.29) is 23.5 Å². The molecule has 2 atom stereocenters. The van der Waals surface area contributed by atoms with Gasteiger partial charge in [-0.15, -0.1) is 0 Å². The van der Waals surface area contributed by atoms with Gasteiger partial charge in [-0.25, -0.2) is 4.98 Å². The second-order valence-corrected chi connectivity index (χ2v) is 6.95. The van der Waals surface area contributed by atoms with Crippen LogP contribution in [0.5, 0.6) is 0 Å². The van der Waals surface area contributed by atoms with Crippen LogP contribution >= 0.6 is 0 Å². The normalized spacial score (nSPS) is 24.9. The van der Waals surface area contributed by atoms with Crippen molar-refractivity contribution in [1.29, 1.82) is 5.26 Å². The highest BCUT2D eigenvalue weighted by atomic mass is 16.5. The van der Waals surface area contributed by atoms with Gasteiger partial charge in [0.2, 0.25) is 0 Å². The van der Waals surface area contributed by atoms with Gasteiger partial charge < -0.3 is 9.64 Å². The number of nitriles is 1. The van der Waals surface area contributed by atoms with Crippen LogP contribution in [0.1, 0.15) is 61.5 Å². The molecule has 1 heterocycles. The maximum Gasteiger partial charge on any atom is 0.272 e. The van der Waals surface area contributed by atoms with E-state index in [9.17, 15) is 4.79 Å². The second kappa shape index (κ2) is 6.90. The lowest BCUT2D eigenvalue weighted by Gasteiger charge is -2.60. The van der Waals surface area contributed by atoms with E-state index in [1.807, 2.05) is 24.9 Å². The van der Waals surface area contributed by atoms with Crippen LogP contribution in [-0.4, -0.2) is 41.6 Å². The minimum atomic E-state index is -0.0654. The first kappa shape index (κ1) is 16.9. The molecule has 2 aliphatic carbocycles. The molecule has 2 aliphatic rings. The van der Waals surface area contributed by atoms with Gasteiger partial charge >= 0.3 is 0 Å². The molecule has 1 amide bonds. The first-order chi connectivity index (χ1) is 11.6. The zero-order chi connectivity index (χ0) is 17.2. The molecular weight excluding hydrogens is 302 g/mol. The highest BCUT2D eigenvalue weighted by Gasteiger charge is 2.57. The summed E-state index contributed by atoms with van der Waals surface area (Å²) in [5.74, 6) is -0.0654. The van der Waals surface area contributed by atoms with Crippen molar-refractivity contribution in [1.82, 2.24) is 9.88 Å². The van der Waals surface area contributed by atoms with E-state index in [2.05, 4.69) is 4.98 Å². The zero-order valence-corrected chi connectivity index (χ0v) is 14.5. The third kappa shape index (κ3) is 2.80. The molecule has 5 nitrogen and oxygen atoms in total. The summed E-state index contributed by atoms with van der Waals surface area (Å²) in [6, 6.07) is 5.54. The average Bonchev–Trinajstić information content (AvgIpc) is 2.64. The van der Waals surface area contributed by atoms with Crippen molar-refractivity contribution in [2.45, 2.75) is 57.6 Å². The summed E-state index contributed by atoms with van der Waals surface area (Å²) in [6.45, 7) is 2.77. The Bertz CT molecular complexity index is 629. The van der Waals surface area contributed by atoms with Crippen molar-refractivity contribution >= 4 is 5.91 Å². The van der Waals surface area contributed by atoms with Crippen LogP contribution in [0.2, 0.25) is 0 Å². The Balaban J connectivity index is 1.76. The smallest absolute Gasteiger partial charge is 0.272 e. The van der Waals surface area contributed by atoms with Gasteiger partial charge in [-0.2, -0.15) is 5.26 Å². The quantitative estimate of drug-likeness (QED) is 0.852. The molecule has 128 valence electrons. The number of nitrogens with zero attached hydrogens (tertiary/aromatic N) is 3. The predicted molar refractivity (Wildman–Crippen MR) is 90.4 cm³/mol. The van der Waals surface area contributed by atoms with E-state index in [0.717, 1.165) is 25.9 Å². The molecule has 0 aromatic carbocycles. The number of ether oxygens (including phenoxy) is 1. The molecule has 2 fully saturated rings. The van der Waals surface area contributed by atoms with Gasteiger partial charge in [0, 0.05) is 31.3 Å². The Morgan fingerprint density at radius 2 is 2.17 bits per heavy atom. The fourth-order valence-electron chi connectivity index (χ4n) is 4.48. The van der Waals surface area contributed by atoms with Crippen molar-refractivity contribution in [3.05, 3.63) is 29.6 Å². The van der Waals surface area contributed by atoms with Gasteiger partial charge in [-0.3, -0.25) is 4.79 Å². The highest BCUT2D eigenvalue weighted by Crippen LogP contribution is 2.55. The lowest BCUT2D eigenvalue weighted by Crippen LogP contribution is -2.65. The number of amides is 1. The fourth-order valence-corrected chi connectivity index (χ4v) is 4.48. The molecule has 1 aromatic heterocycles. The number of aromatic nitrogens is 1. The highest BCUT2D eigenvalue weighted by molar-refractivity contribution is 5.92. The minimum absolute atomic E-state index is 0.0654. The first-order valence-electron chi connectivity index (χ1n) is 8.87. The molecule has 0 radical (unpaired) electrons. The van der Waals surface area contributed by atoms with Gasteiger partial charge in [0.25, 0.3) is 5.91 Å². The maximum absolute atomic E-state index is 12.8. The van der Waals surface area contributed by atoms with E-state index < -0.39 is 0 Å². The number of carbonyl (C=O) groups is 1. The van der Waals surface area contributed by atoms with E-state index in [4.69, 9.17) is 10.00 Å². The van der Waals surface area contributed by atoms with E-state index in [0.29, 0.717) is 11.3 Å². The molecule has 2 saturated carbocycles. The molecule has 24 heavy (non-hydrogen) atoms. The number of hydrogen-bond donors (Lipinski definition) is 0. The fraction of sp³-hybridized carbons (Fsp3) is 0.632. The van der Waals surface area contributed by atoms with Gasteiger partial charge in [0.05, 0.1) is 11.7 Å². The van der Waals surface area contributed by atoms with E-state index in [1.165, 1.54) is 25.5 Å². The summed E-state index contributed by atoms with van der Waals surface area (Å²) in [7, 11) is 1.88. The Morgan fingerprint density at radius 1 is 1.42 bits per heavy atom. The molecule has 0 bridgehead atoms. The number of carbonyl (C=O) groups excluding carboxylic acids is 1. The van der Waals surface area contributed by atoms with Crippen molar-refractivity contribution in [2.75, 3.05) is 13.7 Å². The largest absolute Gasteiger partial charge is 0.378 e. The van der Waals surface area contributed by atoms with Crippen LogP contribution in [0.25, 0.3) is 0 Å². The van der Waals surface area contributed by atoms with Gasteiger partial charge in [-0.1, -0.05) is 19.3 Å². The molecule has 5 heteroatoms. The van der Waals surface area contributed by atoms with Crippen LogP contribution in [0.15, 0.2) is 18.3 Å². The Kier molecular flexibility index (Phi) is 4.86. The summed E-state index contributed by atoms with van der Waals surface area (Å²) < 4.78 is 5.98. The Labute approximate surface area is 143 Å². The molecular formula is C19H25N3O2. The van der Waals surface area contributed by atoms with Crippen LogP contribution < -0.4 is 0 Å². The van der Waals surface area contributed by atoms with Crippen LogP contribution in [0, 0.1) is 16.7 Å². The predicted octanol–water partition coefficient (Wildman–Crippen LogP) is 3.15.